The molecule has 1 amide bonds. The number of carbonyl (C=O) groups excluding carboxylic acids is 1. The highest BCUT2D eigenvalue weighted by atomic mass is 16.5. The molecule has 1 aromatic rings. The zero-order valence-corrected chi connectivity index (χ0v) is 12.1. The second-order valence-corrected chi connectivity index (χ2v) is 4.29. The van der Waals surface area contributed by atoms with E-state index in [1.165, 1.54) is 6.08 Å². The summed E-state index contributed by atoms with van der Waals surface area (Å²) in [5.74, 6) is -0.657. The van der Waals surface area contributed by atoms with Gasteiger partial charge in [0.05, 0.1) is 13.2 Å². The van der Waals surface area contributed by atoms with Crippen LogP contribution in [0.1, 0.15) is 5.56 Å². The summed E-state index contributed by atoms with van der Waals surface area (Å²) in [4.78, 5) is 28.2. The molecule has 0 bridgehead atoms. The summed E-state index contributed by atoms with van der Waals surface area (Å²) in [6.07, 6.45) is 4.07. The fourth-order valence-electron chi connectivity index (χ4n) is 1.66. The van der Waals surface area contributed by atoms with Crippen LogP contribution >= 0.6 is 0 Å². The molecule has 7 nitrogen and oxygen atoms in total. The number of aliphatic carboxylic acids is 1. The summed E-state index contributed by atoms with van der Waals surface area (Å²) in [5.41, 5.74) is 0.632. The Morgan fingerprint density at radius 2 is 2.29 bits per heavy atom. The van der Waals surface area contributed by atoms with Gasteiger partial charge < -0.3 is 20.1 Å². The average molecular weight is 293 g/mol. The number of likely N-dealkylation sites (N-methyl/N-ethyl adjacent to an activating group) is 1. The summed E-state index contributed by atoms with van der Waals surface area (Å²) in [6.45, 7) is 1.01. The van der Waals surface area contributed by atoms with Gasteiger partial charge in [0.1, 0.15) is 5.82 Å². The molecule has 0 unspecified atom stereocenters. The van der Waals surface area contributed by atoms with E-state index in [0.717, 1.165) is 6.08 Å². The Morgan fingerprint density at radius 3 is 2.95 bits per heavy atom. The van der Waals surface area contributed by atoms with Gasteiger partial charge in [-0.1, -0.05) is 0 Å². The predicted molar refractivity (Wildman–Crippen MR) is 79.1 cm³/mol. The Morgan fingerprint density at radius 1 is 1.52 bits per heavy atom. The fourth-order valence-corrected chi connectivity index (χ4v) is 1.66. The summed E-state index contributed by atoms with van der Waals surface area (Å²) in [6, 6.07) is 3.44. The van der Waals surface area contributed by atoms with Crippen molar-refractivity contribution in [2.45, 2.75) is 0 Å². The number of anilines is 1. The molecule has 0 fully saturated rings. The molecule has 7 heteroatoms. The summed E-state index contributed by atoms with van der Waals surface area (Å²) in [5, 5.41) is 11.4. The van der Waals surface area contributed by atoms with E-state index >= 15 is 0 Å². The van der Waals surface area contributed by atoms with Crippen LogP contribution in [0.25, 0.3) is 6.08 Å². The second-order valence-electron chi connectivity index (χ2n) is 4.29. The lowest BCUT2D eigenvalue weighted by Gasteiger charge is -2.19. The summed E-state index contributed by atoms with van der Waals surface area (Å²) in [7, 11) is 3.28. The molecule has 0 aliphatic rings. The highest BCUT2D eigenvalue weighted by molar-refractivity contribution is 5.87. The number of nitrogens with one attached hydrogen (secondary N) is 1. The molecule has 1 heterocycles. The maximum atomic E-state index is 11.7. The van der Waals surface area contributed by atoms with Crippen molar-refractivity contribution in [3.8, 4) is 0 Å². The molecule has 0 aliphatic carbocycles. The fraction of sp³-hybridized carbons (Fsp3) is 0.357. The Balaban J connectivity index is 2.71. The van der Waals surface area contributed by atoms with Crippen molar-refractivity contribution in [3.63, 3.8) is 0 Å². The second kappa shape index (κ2) is 8.70. The molecule has 2 N–H and O–H groups in total. The quantitative estimate of drug-likeness (QED) is 0.532. The lowest BCUT2D eigenvalue weighted by Crippen LogP contribution is -2.37. The largest absolute Gasteiger partial charge is 0.478 e. The lowest BCUT2D eigenvalue weighted by atomic mass is 10.2. The number of ether oxygens (including phenoxy) is 1. The van der Waals surface area contributed by atoms with E-state index in [1.807, 2.05) is 0 Å². The van der Waals surface area contributed by atoms with Crippen molar-refractivity contribution in [2.75, 3.05) is 38.8 Å². The van der Waals surface area contributed by atoms with Crippen LogP contribution in [-0.2, 0) is 14.3 Å². The van der Waals surface area contributed by atoms with Crippen LogP contribution in [0, 0.1) is 0 Å². The molecule has 21 heavy (non-hydrogen) atoms. The van der Waals surface area contributed by atoms with Crippen LogP contribution < -0.4 is 10.2 Å². The van der Waals surface area contributed by atoms with E-state index in [0.29, 0.717) is 24.5 Å². The van der Waals surface area contributed by atoms with Crippen molar-refractivity contribution >= 4 is 23.8 Å². The number of rotatable bonds is 8. The number of pyridine rings is 1. The van der Waals surface area contributed by atoms with E-state index < -0.39 is 5.97 Å². The third-order valence-electron chi connectivity index (χ3n) is 2.59. The minimum atomic E-state index is -1.04. The molecule has 0 radical (unpaired) electrons. The lowest BCUT2D eigenvalue weighted by molar-refractivity contribution is -0.131. The number of nitrogens with zero attached hydrogens (tertiary/aromatic N) is 2. The first kappa shape index (κ1) is 16.6. The number of amides is 1. The van der Waals surface area contributed by atoms with Gasteiger partial charge in [-0.25, -0.2) is 9.78 Å². The number of carbonyl (C=O) groups is 2. The number of hydrogen-bond acceptors (Lipinski definition) is 5. The molecule has 0 aromatic carbocycles. The third-order valence-corrected chi connectivity index (χ3v) is 2.59. The standard InChI is InChI=1S/C14H19N3O4/c1-17(10-12(18)15-8-9-21-2)14-11(4-3-7-16-14)5-6-13(19)20/h3-7H,8-10H2,1-2H3,(H,15,18)(H,19,20)/b6-5+. The van der Waals surface area contributed by atoms with E-state index in [2.05, 4.69) is 10.3 Å². The first-order valence-corrected chi connectivity index (χ1v) is 6.37. The summed E-state index contributed by atoms with van der Waals surface area (Å²) >= 11 is 0. The SMILES string of the molecule is COCCNC(=O)CN(C)c1ncccc1/C=C/C(=O)O. The van der Waals surface area contributed by atoms with E-state index in [9.17, 15) is 9.59 Å². The molecule has 0 atom stereocenters. The topological polar surface area (TPSA) is 91.8 Å². The first-order chi connectivity index (χ1) is 10.0. The van der Waals surface area contributed by atoms with Gasteiger partial charge in [-0.15, -0.1) is 0 Å². The monoisotopic (exact) mass is 293 g/mol. The van der Waals surface area contributed by atoms with E-state index in [1.54, 1.807) is 37.4 Å². The molecule has 0 spiro atoms. The molecular formula is C14H19N3O4. The van der Waals surface area contributed by atoms with Crippen LogP contribution in [0.3, 0.4) is 0 Å². The molecule has 0 saturated heterocycles. The Hall–Kier alpha value is -2.41. The normalized spacial score (nSPS) is 10.6. The van der Waals surface area contributed by atoms with Gasteiger partial charge >= 0.3 is 5.97 Å². The number of methoxy groups -OCH3 is 1. The van der Waals surface area contributed by atoms with Gasteiger partial charge in [0.25, 0.3) is 0 Å². The number of carboxylic acid groups (broad SMARTS) is 1. The average Bonchev–Trinajstić information content (AvgIpc) is 2.45. The third kappa shape index (κ3) is 6.05. The van der Waals surface area contributed by atoms with Crippen molar-refractivity contribution in [1.29, 1.82) is 0 Å². The Bertz CT molecular complexity index is 517. The van der Waals surface area contributed by atoms with Crippen LogP contribution in [0.4, 0.5) is 5.82 Å². The Labute approximate surface area is 123 Å². The summed E-state index contributed by atoms with van der Waals surface area (Å²) < 4.78 is 4.85. The van der Waals surface area contributed by atoms with Gasteiger partial charge in [0.15, 0.2) is 0 Å². The molecule has 114 valence electrons. The van der Waals surface area contributed by atoms with Crippen LogP contribution in [0.2, 0.25) is 0 Å². The van der Waals surface area contributed by atoms with Gasteiger partial charge in [0, 0.05) is 38.5 Å². The zero-order chi connectivity index (χ0) is 15.7. The van der Waals surface area contributed by atoms with Crippen molar-refractivity contribution in [3.05, 3.63) is 30.0 Å². The maximum Gasteiger partial charge on any atom is 0.328 e. The van der Waals surface area contributed by atoms with Crippen LogP contribution in [-0.4, -0.2) is 55.8 Å². The van der Waals surface area contributed by atoms with Gasteiger partial charge in [0.2, 0.25) is 5.91 Å². The maximum absolute atomic E-state index is 11.7. The first-order valence-electron chi connectivity index (χ1n) is 6.37. The molecule has 1 rings (SSSR count). The molecule has 0 aliphatic heterocycles. The minimum Gasteiger partial charge on any atom is -0.478 e. The van der Waals surface area contributed by atoms with Gasteiger partial charge in [-0.3, -0.25) is 4.79 Å². The van der Waals surface area contributed by atoms with Crippen molar-refractivity contribution < 1.29 is 19.4 Å². The Kier molecular flexibility index (Phi) is 6.90. The van der Waals surface area contributed by atoms with Crippen LogP contribution in [0.15, 0.2) is 24.4 Å². The number of hydrogen-bond donors (Lipinski definition) is 2. The van der Waals surface area contributed by atoms with Gasteiger partial charge in [-0.2, -0.15) is 0 Å². The smallest absolute Gasteiger partial charge is 0.328 e. The highest BCUT2D eigenvalue weighted by Gasteiger charge is 2.11. The number of carboxylic acids is 1. The van der Waals surface area contributed by atoms with Crippen LogP contribution in [0.5, 0.6) is 0 Å². The minimum absolute atomic E-state index is 0.120. The van der Waals surface area contributed by atoms with Crippen molar-refractivity contribution in [2.24, 2.45) is 0 Å². The highest BCUT2D eigenvalue weighted by Crippen LogP contribution is 2.16. The predicted octanol–water partition coefficient (Wildman–Crippen LogP) is 0.378. The zero-order valence-electron chi connectivity index (χ0n) is 12.1. The van der Waals surface area contributed by atoms with E-state index in [-0.39, 0.29) is 12.5 Å². The van der Waals surface area contributed by atoms with E-state index in [4.69, 9.17) is 9.84 Å². The van der Waals surface area contributed by atoms with Crippen molar-refractivity contribution in [1.82, 2.24) is 10.3 Å². The van der Waals surface area contributed by atoms with Gasteiger partial charge in [-0.05, 0) is 18.2 Å². The molecule has 0 saturated carbocycles. The number of aromatic nitrogens is 1. The molecular weight excluding hydrogens is 274 g/mol. The molecule has 1 aromatic heterocycles.